The second-order valence-corrected chi connectivity index (χ2v) is 8.29. The predicted molar refractivity (Wildman–Crippen MR) is 124 cm³/mol. The molecule has 1 saturated heterocycles. The molecule has 0 amide bonds. The Morgan fingerprint density at radius 1 is 0.871 bits per heavy atom. The largest absolute Gasteiger partial charge is 0.336 e. The third-order valence-electron chi connectivity index (χ3n) is 5.95. The Balaban J connectivity index is 1.59. The van der Waals surface area contributed by atoms with Crippen molar-refractivity contribution < 1.29 is 4.79 Å². The molecule has 0 spiro atoms. The van der Waals surface area contributed by atoms with Crippen LogP contribution in [-0.2, 0) is 0 Å². The SMILES string of the molecule is O=C(c1ccc(-c2ccccc2)cc1)n1c(=O)n(C2CCNCC2)c2cc(Cl)ccc21. The van der Waals surface area contributed by atoms with Crippen LogP contribution < -0.4 is 11.0 Å². The van der Waals surface area contributed by atoms with Crippen molar-refractivity contribution in [3.8, 4) is 11.1 Å². The molecule has 0 atom stereocenters. The molecule has 1 N–H and O–H groups in total. The van der Waals surface area contributed by atoms with E-state index in [1.165, 1.54) is 4.57 Å². The van der Waals surface area contributed by atoms with Gasteiger partial charge in [-0.25, -0.2) is 9.36 Å². The Morgan fingerprint density at radius 3 is 2.26 bits per heavy atom. The summed E-state index contributed by atoms with van der Waals surface area (Å²) < 4.78 is 3.03. The van der Waals surface area contributed by atoms with Gasteiger partial charge in [-0.2, -0.15) is 0 Å². The zero-order valence-corrected chi connectivity index (χ0v) is 17.7. The monoisotopic (exact) mass is 431 g/mol. The van der Waals surface area contributed by atoms with Crippen LogP contribution in [-0.4, -0.2) is 28.1 Å². The van der Waals surface area contributed by atoms with Gasteiger partial charge in [0.15, 0.2) is 0 Å². The lowest BCUT2D eigenvalue weighted by Gasteiger charge is -2.23. The van der Waals surface area contributed by atoms with E-state index >= 15 is 0 Å². The minimum Gasteiger partial charge on any atom is -0.317 e. The normalized spacial score (nSPS) is 14.7. The summed E-state index contributed by atoms with van der Waals surface area (Å²) in [6, 6.07) is 22.7. The molecular formula is C25H22ClN3O2. The van der Waals surface area contributed by atoms with Crippen molar-refractivity contribution in [1.29, 1.82) is 0 Å². The van der Waals surface area contributed by atoms with Gasteiger partial charge in [0.25, 0.3) is 5.91 Å². The first-order chi connectivity index (χ1) is 15.1. The van der Waals surface area contributed by atoms with Crippen molar-refractivity contribution in [3.63, 3.8) is 0 Å². The van der Waals surface area contributed by atoms with Gasteiger partial charge in [0.1, 0.15) is 0 Å². The number of benzene rings is 3. The average molecular weight is 432 g/mol. The van der Waals surface area contributed by atoms with Crippen molar-refractivity contribution >= 4 is 28.5 Å². The maximum Gasteiger partial charge on any atom is 0.336 e. The first kappa shape index (κ1) is 19.8. The Hall–Kier alpha value is -3.15. The fourth-order valence-corrected chi connectivity index (χ4v) is 4.54. The molecule has 1 aliphatic rings. The lowest BCUT2D eigenvalue weighted by molar-refractivity contribution is 0.0959. The van der Waals surface area contributed by atoms with E-state index in [0.717, 1.165) is 37.1 Å². The molecule has 31 heavy (non-hydrogen) atoms. The van der Waals surface area contributed by atoms with E-state index in [2.05, 4.69) is 5.32 Å². The van der Waals surface area contributed by atoms with Crippen LogP contribution in [0.3, 0.4) is 0 Å². The molecule has 0 radical (unpaired) electrons. The summed E-state index contributed by atoms with van der Waals surface area (Å²) in [6.07, 6.45) is 1.68. The lowest BCUT2D eigenvalue weighted by atomic mass is 10.0. The van der Waals surface area contributed by atoms with Crippen LogP contribution >= 0.6 is 11.6 Å². The molecule has 2 heterocycles. The van der Waals surface area contributed by atoms with Crippen molar-refractivity contribution in [2.24, 2.45) is 0 Å². The highest BCUT2D eigenvalue weighted by atomic mass is 35.5. The van der Waals surface area contributed by atoms with Gasteiger partial charge in [-0.05, 0) is 67.4 Å². The van der Waals surface area contributed by atoms with Crippen molar-refractivity contribution in [1.82, 2.24) is 14.5 Å². The standard InChI is InChI=1S/C25H22ClN3O2/c26-20-10-11-22-23(16-20)28(21-12-14-27-15-13-21)25(31)29(22)24(30)19-8-6-18(7-9-19)17-4-2-1-3-5-17/h1-11,16,21,27H,12-15H2. The van der Waals surface area contributed by atoms with Crippen molar-refractivity contribution in [2.75, 3.05) is 13.1 Å². The number of carbonyl (C=O) groups is 1. The van der Waals surface area contributed by atoms with E-state index in [9.17, 15) is 9.59 Å². The zero-order chi connectivity index (χ0) is 21.4. The minimum atomic E-state index is -0.329. The Kier molecular flexibility index (Phi) is 5.22. The van der Waals surface area contributed by atoms with E-state index in [0.29, 0.717) is 21.6 Å². The third kappa shape index (κ3) is 3.60. The number of nitrogens with one attached hydrogen (secondary N) is 1. The summed E-state index contributed by atoms with van der Waals surface area (Å²) in [6.45, 7) is 1.69. The molecule has 0 unspecified atom stereocenters. The van der Waals surface area contributed by atoms with Gasteiger partial charge in [0.05, 0.1) is 11.0 Å². The number of aromatic nitrogens is 2. The molecule has 1 aliphatic heterocycles. The highest BCUT2D eigenvalue weighted by molar-refractivity contribution is 6.31. The number of nitrogens with zero attached hydrogens (tertiary/aromatic N) is 2. The Morgan fingerprint density at radius 2 is 1.55 bits per heavy atom. The third-order valence-corrected chi connectivity index (χ3v) is 6.19. The number of fused-ring (bicyclic) bond motifs is 1. The number of halogens is 1. The van der Waals surface area contributed by atoms with Gasteiger partial charge in [-0.15, -0.1) is 0 Å². The van der Waals surface area contributed by atoms with Gasteiger partial charge in [0.2, 0.25) is 0 Å². The molecule has 156 valence electrons. The summed E-state index contributed by atoms with van der Waals surface area (Å²) in [5, 5.41) is 3.87. The zero-order valence-electron chi connectivity index (χ0n) is 16.9. The summed E-state index contributed by atoms with van der Waals surface area (Å²) in [7, 11) is 0. The van der Waals surface area contributed by atoms with Crippen molar-refractivity contribution in [3.05, 3.63) is 93.9 Å². The maximum atomic E-state index is 13.4. The van der Waals surface area contributed by atoms with Crippen LogP contribution in [0.5, 0.6) is 0 Å². The average Bonchev–Trinajstić information content (AvgIpc) is 3.10. The molecule has 0 saturated carbocycles. The smallest absolute Gasteiger partial charge is 0.317 e. The number of carbonyl (C=O) groups excluding carboxylic acids is 1. The molecule has 3 aromatic carbocycles. The van der Waals surface area contributed by atoms with Crippen molar-refractivity contribution in [2.45, 2.75) is 18.9 Å². The van der Waals surface area contributed by atoms with E-state index in [1.54, 1.807) is 34.9 Å². The van der Waals surface area contributed by atoms with E-state index in [-0.39, 0.29) is 17.6 Å². The van der Waals surface area contributed by atoms with Crippen LogP contribution in [0.25, 0.3) is 22.2 Å². The molecule has 6 heteroatoms. The number of hydrogen-bond donors (Lipinski definition) is 1. The quantitative estimate of drug-likeness (QED) is 0.510. The van der Waals surface area contributed by atoms with E-state index < -0.39 is 0 Å². The van der Waals surface area contributed by atoms with Gasteiger partial charge < -0.3 is 5.32 Å². The molecule has 5 rings (SSSR count). The molecule has 5 nitrogen and oxygen atoms in total. The Labute approximate surface area is 184 Å². The van der Waals surface area contributed by atoms with Gasteiger partial charge in [0, 0.05) is 16.6 Å². The van der Waals surface area contributed by atoms with E-state index in [1.807, 2.05) is 42.5 Å². The first-order valence-corrected chi connectivity index (χ1v) is 10.8. The highest BCUT2D eigenvalue weighted by Crippen LogP contribution is 2.26. The van der Waals surface area contributed by atoms with Crippen LogP contribution in [0, 0.1) is 0 Å². The number of piperidine rings is 1. The molecule has 0 aliphatic carbocycles. The fraction of sp³-hybridized carbons (Fsp3) is 0.200. The van der Waals surface area contributed by atoms with Gasteiger partial charge in [-0.1, -0.05) is 54.1 Å². The molecule has 0 bridgehead atoms. The molecule has 1 fully saturated rings. The summed E-state index contributed by atoms with van der Waals surface area (Å²) in [4.78, 5) is 26.9. The Bertz CT molecular complexity index is 1300. The first-order valence-electron chi connectivity index (χ1n) is 10.5. The summed E-state index contributed by atoms with van der Waals surface area (Å²) in [5.74, 6) is -0.329. The summed E-state index contributed by atoms with van der Waals surface area (Å²) in [5.41, 5.74) is 3.57. The number of hydrogen-bond acceptors (Lipinski definition) is 3. The topological polar surface area (TPSA) is 56.0 Å². The van der Waals surface area contributed by atoms with E-state index in [4.69, 9.17) is 11.6 Å². The second kappa shape index (κ2) is 8.17. The lowest BCUT2D eigenvalue weighted by Crippen LogP contribution is -2.36. The summed E-state index contributed by atoms with van der Waals surface area (Å²) >= 11 is 6.24. The van der Waals surface area contributed by atoms with Crippen LogP contribution in [0.1, 0.15) is 29.2 Å². The maximum absolute atomic E-state index is 13.4. The molecule has 1 aromatic heterocycles. The van der Waals surface area contributed by atoms with Crippen LogP contribution in [0.2, 0.25) is 5.02 Å². The highest BCUT2D eigenvalue weighted by Gasteiger charge is 2.25. The fourth-order valence-electron chi connectivity index (χ4n) is 4.37. The van der Waals surface area contributed by atoms with Gasteiger partial charge >= 0.3 is 5.69 Å². The van der Waals surface area contributed by atoms with Gasteiger partial charge in [-0.3, -0.25) is 9.36 Å². The predicted octanol–water partition coefficient (Wildman–Crippen LogP) is 4.74. The number of imidazole rings is 1. The second-order valence-electron chi connectivity index (χ2n) is 7.85. The van der Waals surface area contributed by atoms with Crippen LogP contribution in [0.4, 0.5) is 0 Å². The molecule has 4 aromatic rings. The molecular weight excluding hydrogens is 410 g/mol. The minimum absolute atomic E-state index is 0.0456. The van der Waals surface area contributed by atoms with Crippen LogP contribution in [0.15, 0.2) is 77.6 Å². The number of rotatable bonds is 3.